The molecule has 15 heteroatoms. The zero-order chi connectivity index (χ0) is 30.6. The van der Waals surface area contributed by atoms with E-state index in [4.69, 9.17) is 9.47 Å². The van der Waals surface area contributed by atoms with Crippen LogP contribution in [-0.4, -0.2) is 157 Å². The number of piperazine rings is 1. The van der Waals surface area contributed by atoms with Gasteiger partial charge < -0.3 is 39.9 Å². The van der Waals surface area contributed by atoms with Crippen molar-refractivity contribution in [3.63, 3.8) is 0 Å². The molecular weight excluding hydrogens is 562 g/mol. The number of nitrogens with one attached hydrogen (secondary N) is 1. The van der Waals surface area contributed by atoms with Gasteiger partial charge in [0.1, 0.15) is 36.5 Å². The smallest absolute Gasteiger partial charge is 0.255 e. The second kappa shape index (κ2) is 11.7. The minimum atomic E-state index is -1.70. The van der Waals surface area contributed by atoms with Gasteiger partial charge in [-0.1, -0.05) is 26.0 Å². The first-order chi connectivity index (χ1) is 20.5. The summed E-state index contributed by atoms with van der Waals surface area (Å²) in [6, 6.07) is -2.22. The topological polar surface area (TPSA) is 183 Å². The van der Waals surface area contributed by atoms with Crippen LogP contribution in [0.4, 0.5) is 0 Å². The third-order valence-electron chi connectivity index (χ3n) is 9.66. The highest BCUT2D eigenvalue weighted by Crippen LogP contribution is 2.33. The summed E-state index contributed by atoms with van der Waals surface area (Å²) in [6.07, 6.45) is -3.69. The van der Waals surface area contributed by atoms with Crippen molar-refractivity contribution < 1.29 is 39.2 Å². The van der Waals surface area contributed by atoms with E-state index >= 15 is 0 Å². The molecule has 1 aromatic heterocycles. The lowest BCUT2D eigenvalue weighted by molar-refractivity contribution is -0.225. The van der Waals surface area contributed by atoms with Gasteiger partial charge >= 0.3 is 0 Å². The molecule has 0 saturated carbocycles. The number of nitrogens with zero attached hydrogens (tertiary/aromatic N) is 6. The van der Waals surface area contributed by atoms with Crippen molar-refractivity contribution in [2.24, 2.45) is 0 Å². The summed E-state index contributed by atoms with van der Waals surface area (Å²) in [5.41, 5.74) is 0.480. The normalized spacial score (nSPS) is 36.9. The minimum absolute atomic E-state index is 0.189. The first-order valence-corrected chi connectivity index (χ1v) is 15.3. The number of hydrogen-bond donors (Lipinski definition) is 4. The van der Waals surface area contributed by atoms with Gasteiger partial charge in [-0.15, -0.1) is 5.10 Å². The van der Waals surface area contributed by atoms with Crippen LogP contribution < -0.4 is 5.32 Å². The summed E-state index contributed by atoms with van der Waals surface area (Å²) >= 11 is 0. The molecule has 15 nitrogen and oxygen atoms in total. The Labute approximate surface area is 250 Å². The average molecular weight is 606 g/mol. The van der Waals surface area contributed by atoms with Crippen LogP contribution in [0.3, 0.4) is 0 Å². The Bertz CT molecular complexity index is 1220. The molecule has 0 aromatic carbocycles. The Kier molecular flexibility index (Phi) is 8.23. The first-order valence-electron chi connectivity index (χ1n) is 15.3. The van der Waals surface area contributed by atoms with E-state index in [1.807, 2.05) is 27.0 Å². The molecule has 5 aliphatic rings. The van der Waals surface area contributed by atoms with Gasteiger partial charge in [-0.05, 0) is 19.3 Å². The van der Waals surface area contributed by atoms with E-state index in [0.29, 0.717) is 26.2 Å². The molecule has 6 rings (SSSR count). The summed E-state index contributed by atoms with van der Waals surface area (Å²) < 4.78 is 13.0. The maximum Gasteiger partial charge on any atom is 0.255 e. The predicted octanol–water partition coefficient (Wildman–Crippen LogP) is -2.61. The standard InChI is InChI=1S/C28H43N7O8/c1-28(2,3)19-14-35(31-30-19)16-4-7-34-20(16)25(39)29-12-18-21(36)22(37)23(38)24(43-18)27(41)33-9-8-32(13-17(33)26(34)40)15-5-10-42-11-6-15/h14-18,20-24,36-38H,4-13H2,1-3H3,(H,29,39)/t16-,17+,18+,20+,21+,22-,23-,24+/m1/s1. The van der Waals surface area contributed by atoms with Crippen molar-refractivity contribution in [3.05, 3.63) is 11.9 Å². The second-order valence-electron chi connectivity index (χ2n) is 13.4. The van der Waals surface area contributed by atoms with Crippen molar-refractivity contribution in [3.8, 4) is 0 Å². The average Bonchev–Trinajstić information content (AvgIpc) is 3.67. The maximum atomic E-state index is 14.5. The molecule has 1 aromatic rings. The van der Waals surface area contributed by atoms with Gasteiger partial charge in [-0.25, -0.2) is 4.68 Å². The molecule has 3 amide bonds. The van der Waals surface area contributed by atoms with E-state index in [1.165, 1.54) is 9.80 Å². The van der Waals surface area contributed by atoms with E-state index in [0.717, 1.165) is 18.5 Å². The Morgan fingerprint density at radius 1 is 0.930 bits per heavy atom. The molecule has 5 saturated heterocycles. The number of aliphatic hydroxyl groups excluding tert-OH is 3. The summed E-state index contributed by atoms with van der Waals surface area (Å²) in [5, 5.41) is 43.5. The van der Waals surface area contributed by atoms with Gasteiger partial charge in [-0.3, -0.25) is 19.3 Å². The third kappa shape index (κ3) is 5.55. The van der Waals surface area contributed by atoms with Crippen molar-refractivity contribution in [2.45, 2.75) is 100 Å². The molecular formula is C28H43N7O8. The molecule has 0 radical (unpaired) electrons. The number of rotatable bonds is 2. The lowest BCUT2D eigenvalue weighted by atomic mass is 9.92. The molecule has 5 aliphatic heterocycles. The number of ether oxygens (including phenoxy) is 2. The van der Waals surface area contributed by atoms with Crippen LogP contribution in [0.2, 0.25) is 0 Å². The van der Waals surface area contributed by atoms with Crippen LogP contribution in [-0.2, 0) is 29.3 Å². The summed E-state index contributed by atoms with van der Waals surface area (Å²) in [6.45, 7) is 8.30. The summed E-state index contributed by atoms with van der Waals surface area (Å²) in [5.74, 6) is -1.46. The van der Waals surface area contributed by atoms with Crippen molar-refractivity contribution in [2.75, 3.05) is 45.9 Å². The molecule has 6 heterocycles. The van der Waals surface area contributed by atoms with Crippen LogP contribution in [0, 0.1) is 0 Å². The van der Waals surface area contributed by atoms with Gasteiger partial charge in [-0.2, -0.15) is 0 Å². The molecule has 0 unspecified atom stereocenters. The fraction of sp³-hybridized carbons (Fsp3) is 0.821. The van der Waals surface area contributed by atoms with E-state index in [-0.39, 0.29) is 43.5 Å². The van der Waals surface area contributed by atoms with Gasteiger partial charge in [0.15, 0.2) is 6.10 Å². The molecule has 0 spiro atoms. The van der Waals surface area contributed by atoms with Crippen LogP contribution in [0.25, 0.3) is 0 Å². The van der Waals surface area contributed by atoms with E-state index < -0.39 is 60.5 Å². The molecule has 4 N–H and O–H groups in total. The van der Waals surface area contributed by atoms with E-state index in [9.17, 15) is 29.7 Å². The second-order valence-corrected chi connectivity index (χ2v) is 13.4. The van der Waals surface area contributed by atoms with Crippen LogP contribution in [0.5, 0.6) is 0 Å². The predicted molar refractivity (Wildman–Crippen MR) is 148 cm³/mol. The number of aliphatic hydroxyl groups is 3. The highest BCUT2D eigenvalue weighted by Gasteiger charge is 2.53. The van der Waals surface area contributed by atoms with Gasteiger partial charge in [0.25, 0.3) is 5.91 Å². The molecule has 238 valence electrons. The maximum absolute atomic E-state index is 14.5. The Hall–Kier alpha value is -2.69. The number of carbonyl (C=O) groups is 3. The zero-order valence-corrected chi connectivity index (χ0v) is 24.9. The first kappa shape index (κ1) is 30.3. The minimum Gasteiger partial charge on any atom is -0.388 e. The number of aromatic nitrogens is 3. The highest BCUT2D eigenvalue weighted by molar-refractivity contribution is 5.94. The zero-order valence-electron chi connectivity index (χ0n) is 24.9. The van der Waals surface area contributed by atoms with Gasteiger partial charge in [0, 0.05) is 63.6 Å². The summed E-state index contributed by atoms with van der Waals surface area (Å²) in [7, 11) is 0. The van der Waals surface area contributed by atoms with E-state index in [2.05, 4.69) is 20.5 Å². The SMILES string of the molecule is CC(C)(C)c1cn([C@@H]2CCN3C(=O)[C@@H]4CN(C5CCOCC5)CCN4C(=O)[C@H]4O[C@@H](CNC(=O)[C@H]23)[C@H](O)[C@@H](O)[C@H]4O)nn1. The molecule has 8 atom stereocenters. The lowest BCUT2D eigenvalue weighted by Gasteiger charge is -2.48. The third-order valence-corrected chi connectivity index (χ3v) is 9.66. The largest absolute Gasteiger partial charge is 0.388 e. The quantitative estimate of drug-likeness (QED) is 0.277. The Morgan fingerprint density at radius 3 is 2.37 bits per heavy atom. The number of amides is 3. The Balaban J connectivity index is 1.36. The van der Waals surface area contributed by atoms with E-state index in [1.54, 1.807) is 4.68 Å². The van der Waals surface area contributed by atoms with Crippen LogP contribution in [0.1, 0.15) is 51.8 Å². The highest BCUT2D eigenvalue weighted by atomic mass is 16.5. The van der Waals surface area contributed by atoms with Crippen LogP contribution >= 0.6 is 0 Å². The Morgan fingerprint density at radius 2 is 1.67 bits per heavy atom. The lowest BCUT2D eigenvalue weighted by Crippen LogP contribution is -2.70. The molecule has 43 heavy (non-hydrogen) atoms. The monoisotopic (exact) mass is 605 g/mol. The van der Waals surface area contributed by atoms with Crippen molar-refractivity contribution >= 4 is 17.7 Å². The number of hydrogen-bond acceptors (Lipinski definition) is 11. The molecule has 5 fully saturated rings. The van der Waals surface area contributed by atoms with Gasteiger partial charge in [0.2, 0.25) is 11.8 Å². The number of carbonyl (C=O) groups excluding carboxylic acids is 3. The molecule has 2 bridgehead atoms. The van der Waals surface area contributed by atoms with Crippen molar-refractivity contribution in [1.29, 1.82) is 0 Å². The fourth-order valence-corrected chi connectivity index (χ4v) is 7.04. The van der Waals surface area contributed by atoms with Crippen LogP contribution in [0.15, 0.2) is 6.20 Å². The molecule has 0 aliphatic carbocycles. The summed E-state index contributed by atoms with van der Waals surface area (Å²) in [4.78, 5) is 47.5. The fourth-order valence-electron chi connectivity index (χ4n) is 7.04. The number of fused-ring (bicyclic) bond motifs is 4. The van der Waals surface area contributed by atoms with Crippen molar-refractivity contribution in [1.82, 2.24) is 35.0 Å². The van der Waals surface area contributed by atoms with Gasteiger partial charge in [0.05, 0.1) is 11.7 Å².